The van der Waals surface area contributed by atoms with E-state index in [1.165, 1.54) is 0 Å². The van der Waals surface area contributed by atoms with Gasteiger partial charge in [0, 0.05) is 25.2 Å². The molecule has 2 atom stereocenters. The number of aromatic nitrogens is 1. The predicted molar refractivity (Wildman–Crippen MR) is 83.9 cm³/mol. The molecule has 1 N–H and O–H groups in total. The normalized spacial score (nSPS) is 22.2. The molecule has 1 aromatic rings. The molecular weight excluding hydrogens is 290 g/mol. The zero-order valence-corrected chi connectivity index (χ0v) is 13.5. The quantitative estimate of drug-likeness (QED) is 0.869. The second kappa shape index (κ2) is 7.09. The van der Waals surface area contributed by atoms with Gasteiger partial charge in [-0.1, -0.05) is 18.5 Å². The minimum absolute atomic E-state index is 0.0270. The Hall–Kier alpha value is -1.33. The second-order valence-corrected chi connectivity index (χ2v) is 5.85. The lowest BCUT2D eigenvalue weighted by Gasteiger charge is -2.35. The molecule has 0 aromatic carbocycles. The van der Waals surface area contributed by atoms with Crippen LogP contribution in [-0.4, -0.2) is 47.6 Å². The van der Waals surface area contributed by atoms with Crippen molar-refractivity contribution in [3.63, 3.8) is 0 Å². The summed E-state index contributed by atoms with van der Waals surface area (Å²) in [6.07, 6.45) is 1.08. The smallest absolute Gasteiger partial charge is 0.254 e. The van der Waals surface area contributed by atoms with Crippen LogP contribution in [0.2, 0.25) is 5.15 Å². The highest BCUT2D eigenvalue weighted by Crippen LogP contribution is 2.19. The molecule has 0 spiro atoms. The van der Waals surface area contributed by atoms with Gasteiger partial charge in [-0.3, -0.25) is 4.79 Å². The number of nitrogens with zero attached hydrogens (tertiary/aromatic N) is 2. The van der Waals surface area contributed by atoms with Crippen LogP contribution in [0.3, 0.4) is 0 Å². The summed E-state index contributed by atoms with van der Waals surface area (Å²) in [6, 6.07) is 3.38. The van der Waals surface area contributed by atoms with Crippen LogP contribution in [0.15, 0.2) is 12.1 Å². The molecule has 21 heavy (non-hydrogen) atoms. The van der Waals surface area contributed by atoms with Gasteiger partial charge in [-0.15, -0.1) is 0 Å². The summed E-state index contributed by atoms with van der Waals surface area (Å²) in [5.41, 5.74) is 0.565. The van der Waals surface area contributed by atoms with Crippen LogP contribution < -0.4 is 5.32 Å². The number of nitrogens with one attached hydrogen (secondary N) is 1. The number of anilines is 1. The third kappa shape index (κ3) is 4.32. The summed E-state index contributed by atoms with van der Waals surface area (Å²) < 4.78 is 5.66. The molecule has 5 nitrogen and oxygen atoms in total. The van der Waals surface area contributed by atoms with Gasteiger partial charge in [0.2, 0.25) is 0 Å². The van der Waals surface area contributed by atoms with Gasteiger partial charge in [0.1, 0.15) is 11.0 Å². The van der Waals surface area contributed by atoms with Gasteiger partial charge in [0.25, 0.3) is 5.91 Å². The number of pyridine rings is 1. The van der Waals surface area contributed by atoms with Gasteiger partial charge < -0.3 is 15.0 Å². The van der Waals surface area contributed by atoms with E-state index in [1.807, 2.05) is 18.7 Å². The molecule has 1 aliphatic rings. The Kier molecular flexibility index (Phi) is 5.42. The van der Waals surface area contributed by atoms with Crippen molar-refractivity contribution in [1.82, 2.24) is 9.88 Å². The Morgan fingerprint density at radius 3 is 2.71 bits per heavy atom. The number of ether oxygens (including phenoxy) is 1. The number of hydrogen-bond donors (Lipinski definition) is 1. The highest BCUT2D eigenvalue weighted by Gasteiger charge is 2.27. The first kappa shape index (κ1) is 16.0. The highest BCUT2D eigenvalue weighted by molar-refractivity contribution is 6.29. The molecule has 1 saturated heterocycles. The van der Waals surface area contributed by atoms with Crippen molar-refractivity contribution in [2.75, 3.05) is 25.0 Å². The third-order valence-electron chi connectivity index (χ3n) is 3.30. The maximum Gasteiger partial charge on any atom is 0.254 e. The van der Waals surface area contributed by atoms with Crippen molar-refractivity contribution in [3.8, 4) is 0 Å². The minimum Gasteiger partial charge on any atom is -0.372 e. The summed E-state index contributed by atoms with van der Waals surface area (Å²) in [5, 5.41) is 3.49. The number of carbonyl (C=O) groups excluding carboxylic acids is 1. The van der Waals surface area contributed by atoms with E-state index in [4.69, 9.17) is 16.3 Å². The molecule has 0 saturated carbocycles. The summed E-state index contributed by atoms with van der Waals surface area (Å²) in [6.45, 7) is 8.02. The fraction of sp³-hybridized carbons (Fsp3) is 0.600. The minimum atomic E-state index is -0.0270. The zero-order valence-electron chi connectivity index (χ0n) is 12.7. The SMILES string of the molecule is CCCNc1cc(C(=O)N2C[C@@H](C)O[C@@H](C)C2)cc(Cl)n1. The Morgan fingerprint density at radius 1 is 1.43 bits per heavy atom. The molecule has 1 aromatic heterocycles. The molecule has 0 unspecified atom stereocenters. The molecule has 0 aliphatic carbocycles. The van der Waals surface area contributed by atoms with E-state index in [0.29, 0.717) is 29.6 Å². The molecule has 2 rings (SSSR count). The van der Waals surface area contributed by atoms with Crippen molar-refractivity contribution < 1.29 is 9.53 Å². The second-order valence-electron chi connectivity index (χ2n) is 5.46. The maximum atomic E-state index is 12.6. The number of carbonyl (C=O) groups is 1. The Balaban J connectivity index is 2.16. The van der Waals surface area contributed by atoms with Crippen LogP contribution >= 0.6 is 11.6 Å². The Labute approximate surface area is 130 Å². The molecule has 1 fully saturated rings. The standard InChI is InChI=1S/C15H22ClN3O2/c1-4-5-17-14-7-12(6-13(16)18-14)15(20)19-8-10(2)21-11(3)9-19/h6-7,10-11H,4-5,8-9H2,1-3H3,(H,17,18)/t10-,11+. The van der Waals surface area contributed by atoms with E-state index >= 15 is 0 Å². The van der Waals surface area contributed by atoms with Crippen LogP contribution in [0.4, 0.5) is 5.82 Å². The first-order valence-electron chi connectivity index (χ1n) is 7.35. The predicted octanol–water partition coefficient (Wildman–Crippen LogP) is 2.81. The van der Waals surface area contributed by atoms with Gasteiger partial charge in [-0.25, -0.2) is 4.98 Å². The van der Waals surface area contributed by atoms with Gasteiger partial charge in [-0.05, 0) is 32.4 Å². The van der Waals surface area contributed by atoms with Crippen molar-refractivity contribution in [2.24, 2.45) is 0 Å². The van der Waals surface area contributed by atoms with E-state index in [-0.39, 0.29) is 18.1 Å². The topological polar surface area (TPSA) is 54.5 Å². The summed E-state index contributed by atoms with van der Waals surface area (Å²) in [7, 11) is 0. The summed E-state index contributed by atoms with van der Waals surface area (Å²) in [4.78, 5) is 18.6. The van der Waals surface area contributed by atoms with Crippen LogP contribution in [0.5, 0.6) is 0 Å². The van der Waals surface area contributed by atoms with E-state index in [1.54, 1.807) is 12.1 Å². The largest absolute Gasteiger partial charge is 0.372 e. The molecule has 0 radical (unpaired) electrons. The van der Waals surface area contributed by atoms with E-state index in [0.717, 1.165) is 13.0 Å². The Morgan fingerprint density at radius 2 is 2.10 bits per heavy atom. The lowest BCUT2D eigenvalue weighted by molar-refractivity contribution is -0.0586. The molecule has 2 heterocycles. The zero-order chi connectivity index (χ0) is 15.4. The van der Waals surface area contributed by atoms with Crippen molar-refractivity contribution in [3.05, 3.63) is 22.8 Å². The van der Waals surface area contributed by atoms with Crippen LogP contribution in [-0.2, 0) is 4.74 Å². The number of amides is 1. The average molecular weight is 312 g/mol. The number of halogens is 1. The number of hydrogen-bond acceptors (Lipinski definition) is 4. The van der Waals surface area contributed by atoms with Gasteiger partial charge in [0.15, 0.2) is 0 Å². The van der Waals surface area contributed by atoms with Gasteiger partial charge in [0.05, 0.1) is 12.2 Å². The van der Waals surface area contributed by atoms with Gasteiger partial charge in [-0.2, -0.15) is 0 Å². The highest BCUT2D eigenvalue weighted by atomic mass is 35.5. The number of morpholine rings is 1. The molecular formula is C15H22ClN3O2. The monoisotopic (exact) mass is 311 g/mol. The Bertz CT molecular complexity index is 500. The van der Waals surface area contributed by atoms with E-state index in [2.05, 4.69) is 17.2 Å². The third-order valence-corrected chi connectivity index (χ3v) is 3.50. The molecule has 0 bridgehead atoms. The first-order valence-corrected chi connectivity index (χ1v) is 7.73. The van der Waals surface area contributed by atoms with Crippen LogP contribution in [0.25, 0.3) is 0 Å². The molecule has 116 valence electrons. The molecule has 1 aliphatic heterocycles. The summed E-state index contributed by atoms with van der Waals surface area (Å²) in [5.74, 6) is 0.614. The van der Waals surface area contributed by atoms with E-state index < -0.39 is 0 Å². The van der Waals surface area contributed by atoms with Crippen LogP contribution in [0.1, 0.15) is 37.6 Å². The summed E-state index contributed by atoms with van der Waals surface area (Å²) >= 11 is 6.02. The molecule has 1 amide bonds. The van der Waals surface area contributed by atoms with Crippen molar-refractivity contribution >= 4 is 23.3 Å². The van der Waals surface area contributed by atoms with Crippen LogP contribution in [0, 0.1) is 0 Å². The average Bonchev–Trinajstić information content (AvgIpc) is 2.42. The first-order chi connectivity index (χ1) is 9.99. The number of rotatable bonds is 4. The maximum absolute atomic E-state index is 12.6. The lowest BCUT2D eigenvalue weighted by Crippen LogP contribution is -2.48. The fourth-order valence-corrected chi connectivity index (χ4v) is 2.70. The lowest BCUT2D eigenvalue weighted by atomic mass is 10.1. The van der Waals surface area contributed by atoms with E-state index in [9.17, 15) is 4.79 Å². The van der Waals surface area contributed by atoms with Crippen molar-refractivity contribution in [2.45, 2.75) is 39.4 Å². The molecule has 6 heteroatoms. The fourth-order valence-electron chi connectivity index (χ4n) is 2.49. The van der Waals surface area contributed by atoms with Crippen molar-refractivity contribution in [1.29, 1.82) is 0 Å². The van der Waals surface area contributed by atoms with Gasteiger partial charge >= 0.3 is 0 Å².